The van der Waals surface area contributed by atoms with E-state index in [9.17, 15) is 10.0 Å². The third kappa shape index (κ3) is 5.40. The minimum atomic E-state index is -0.258. The molecule has 0 unspecified atom stereocenters. The van der Waals surface area contributed by atoms with Crippen LogP contribution < -0.4 is 10.6 Å². The summed E-state index contributed by atoms with van der Waals surface area (Å²) in [6, 6.07) is 0.349. The molecule has 29 heavy (non-hydrogen) atoms. The van der Waals surface area contributed by atoms with Gasteiger partial charge < -0.3 is 15.8 Å². The summed E-state index contributed by atoms with van der Waals surface area (Å²) in [5, 5.41) is 23.9. The molecule has 2 aromatic rings. The minimum absolute atomic E-state index is 0.143. The van der Waals surface area contributed by atoms with E-state index >= 15 is 0 Å². The molecule has 3 N–H and O–H groups in total. The first-order valence-corrected chi connectivity index (χ1v) is 11.7. The van der Waals surface area contributed by atoms with E-state index < -0.39 is 0 Å². The number of nitrogens with one attached hydrogen (secondary N) is 2. The predicted molar refractivity (Wildman–Crippen MR) is 118 cm³/mol. The second-order valence-corrected chi connectivity index (χ2v) is 10.8. The van der Waals surface area contributed by atoms with Crippen LogP contribution in [0, 0.1) is 6.92 Å². The van der Waals surface area contributed by atoms with Gasteiger partial charge >= 0.3 is 0 Å². The normalized spacial score (nSPS) is 19.4. The number of piperidine rings is 1. The number of thiazole rings is 2. The molecule has 160 valence electrons. The van der Waals surface area contributed by atoms with Gasteiger partial charge in [-0.05, 0) is 60.4 Å². The topological polar surface area (TPSA) is 90.4 Å². The lowest BCUT2D eigenvalue weighted by atomic mass is 9.79. The summed E-state index contributed by atoms with van der Waals surface area (Å²) in [5.41, 5.74) is 0.764. The van der Waals surface area contributed by atoms with Gasteiger partial charge in [0.1, 0.15) is 16.4 Å². The van der Waals surface area contributed by atoms with E-state index in [2.05, 4.69) is 48.3 Å². The van der Waals surface area contributed by atoms with Gasteiger partial charge in [-0.1, -0.05) is 0 Å². The molecule has 0 bridgehead atoms. The maximum atomic E-state index is 12.3. The number of hydrogen-bond donors (Lipinski definition) is 3. The second-order valence-electron chi connectivity index (χ2n) is 8.90. The molecule has 2 aromatic heterocycles. The number of hydrogen-bond acceptors (Lipinski definition) is 8. The van der Waals surface area contributed by atoms with Crippen molar-refractivity contribution >= 4 is 28.6 Å². The molecule has 0 radical (unpaired) electrons. The van der Waals surface area contributed by atoms with Gasteiger partial charge in [0.2, 0.25) is 0 Å². The molecule has 0 aromatic carbocycles. The Bertz CT molecular complexity index is 828. The van der Waals surface area contributed by atoms with Gasteiger partial charge in [-0.25, -0.2) is 9.97 Å². The number of carbonyl (C=O) groups is 1. The van der Waals surface area contributed by atoms with E-state index in [0.29, 0.717) is 18.3 Å². The van der Waals surface area contributed by atoms with Crippen molar-refractivity contribution in [1.29, 1.82) is 0 Å². The van der Waals surface area contributed by atoms with Crippen molar-refractivity contribution in [1.82, 2.24) is 25.7 Å². The summed E-state index contributed by atoms with van der Waals surface area (Å²) in [5.74, 6) is -0.143. The zero-order valence-corrected chi connectivity index (χ0v) is 19.4. The molecule has 0 atom stereocenters. The number of nitrogens with zero attached hydrogens (tertiary/aromatic N) is 3. The Morgan fingerprint density at radius 3 is 2.48 bits per heavy atom. The monoisotopic (exact) mass is 437 g/mol. The van der Waals surface area contributed by atoms with Crippen LogP contribution in [0.2, 0.25) is 0 Å². The van der Waals surface area contributed by atoms with Gasteiger partial charge in [0.05, 0.1) is 5.01 Å². The number of rotatable bonds is 7. The summed E-state index contributed by atoms with van der Waals surface area (Å²) in [6.07, 6.45) is 2.61. The Balaban J connectivity index is 1.41. The summed E-state index contributed by atoms with van der Waals surface area (Å²) >= 11 is 3.02. The van der Waals surface area contributed by atoms with Gasteiger partial charge in [0.25, 0.3) is 5.91 Å². The Morgan fingerprint density at radius 2 is 1.86 bits per heavy atom. The predicted octanol–water partition coefficient (Wildman–Crippen LogP) is 3.70. The fraction of sp³-hybridized carbons (Fsp3) is 0.650. The van der Waals surface area contributed by atoms with Crippen molar-refractivity contribution in [2.24, 2.45) is 0 Å². The first kappa shape index (κ1) is 22.3. The van der Waals surface area contributed by atoms with E-state index in [4.69, 9.17) is 0 Å². The summed E-state index contributed by atoms with van der Waals surface area (Å²) < 4.78 is 0. The molecule has 1 fully saturated rings. The first-order chi connectivity index (χ1) is 13.6. The quantitative estimate of drug-likeness (QED) is 0.572. The number of hydroxylamine groups is 2. The van der Waals surface area contributed by atoms with Crippen LogP contribution in [-0.4, -0.2) is 56.4 Å². The SMILES string of the molecule is Cc1nc(-c2nc(C(=O)NCCCNC3CC(C)(C)N(O)C(C)(C)C3)cs2)cs1. The third-order valence-corrected chi connectivity index (χ3v) is 6.92. The third-order valence-electron chi connectivity index (χ3n) is 5.29. The summed E-state index contributed by atoms with van der Waals surface area (Å²) in [6.45, 7) is 11.6. The Labute approximate surface area is 180 Å². The van der Waals surface area contributed by atoms with E-state index in [1.54, 1.807) is 16.7 Å². The molecule has 0 saturated carbocycles. The van der Waals surface area contributed by atoms with Gasteiger partial charge in [-0.3, -0.25) is 4.79 Å². The molecule has 0 aliphatic carbocycles. The van der Waals surface area contributed by atoms with Crippen LogP contribution in [0.15, 0.2) is 10.8 Å². The van der Waals surface area contributed by atoms with Crippen molar-refractivity contribution in [3.8, 4) is 10.7 Å². The number of amides is 1. The molecule has 7 nitrogen and oxygen atoms in total. The molecule has 1 saturated heterocycles. The number of carbonyl (C=O) groups excluding carboxylic acids is 1. The van der Waals surface area contributed by atoms with Crippen molar-refractivity contribution in [2.75, 3.05) is 13.1 Å². The second kappa shape index (κ2) is 8.77. The van der Waals surface area contributed by atoms with Crippen LogP contribution in [0.5, 0.6) is 0 Å². The number of aryl methyl sites for hydroxylation is 1. The Hall–Kier alpha value is -1.39. The van der Waals surface area contributed by atoms with Crippen molar-refractivity contribution in [3.63, 3.8) is 0 Å². The van der Waals surface area contributed by atoms with Crippen molar-refractivity contribution < 1.29 is 10.0 Å². The van der Waals surface area contributed by atoms with Crippen LogP contribution in [0.1, 0.15) is 62.5 Å². The molecule has 0 spiro atoms. The zero-order chi connectivity index (χ0) is 21.2. The highest BCUT2D eigenvalue weighted by Crippen LogP contribution is 2.36. The van der Waals surface area contributed by atoms with Crippen molar-refractivity contribution in [3.05, 3.63) is 21.5 Å². The molecule has 9 heteroatoms. The maximum absolute atomic E-state index is 12.3. The van der Waals surface area contributed by atoms with Gasteiger partial charge in [-0.2, -0.15) is 5.06 Å². The minimum Gasteiger partial charge on any atom is -0.351 e. The van der Waals surface area contributed by atoms with Gasteiger partial charge in [0.15, 0.2) is 0 Å². The fourth-order valence-corrected chi connectivity index (χ4v) is 5.49. The highest BCUT2D eigenvalue weighted by molar-refractivity contribution is 7.14. The highest BCUT2D eigenvalue weighted by atomic mass is 32.1. The van der Waals surface area contributed by atoms with Crippen LogP contribution in [0.3, 0.4) is 0 Å². The largest absolute Gasteiger partial charge is 0.351 e. The average molecular weight is 438 g/mol. The lowest BCUT2D eigenvalue weighted by Gasteiger charge is -2.51. The fourth-order valence-electron chi connectivity index (χ4n) is 4.06. The lowest BCUT2D eigenvalue weighted by Crippen LogP contribution is -2.62. The highest BCUT2D eigenvalue weighted by Gasteiger charge is 2.44. The molecule has 1 aliphatic rings. The average Bonchev–Trinajstić information content (AvgIpc) is 3.27. The van der Waals surface area contributed by atoms with Crippen LogP contribution in [0.4, 0.5) is 0 Å². The van der Waals surface area contributed by atoms with Crippen LogP contribution in [-0.2, 0) is 0 Å². The summed E-state index contributed by atoms with van der Waals surface area (Å²) in [7, 11) is 0. The maximum Gasteiger partial charge on any atom is 0.270 e. The van der Waals surface area contributed by atoms with Crippen LogP contribution >= 0.6 is 22.7 Å². The first-order valence-electron chi connectivity index (χ1n) is 9.97. The van der Waals surface area contributed by atoms with Gasteiger partial charge in [-0.15, -0.1) is 22.7 Å². The molecule has 3 heterocycles. The number of aromatic nitrogens is 2. The zero-order valence-electron chi connectivity index (χ0n) is 17.8. The Kier molecular flexibility index (Phi) is 6.74. The van der Waals surface area contributed by atoms with E-state index in [0.717, 1.165) is 41.5 Å². The van der Waals surface area contributed by atoms with E-state index in [1.807, 2.05) is 12.3 Å². The Morgan fingerprint density at radius 1 is 1.17 bits per heavy atom. The lowest BCUT2D eigenvalue weighted by molar-refractivity contribution is -0.246. The standard InChI is InChI=1S/C20H31N5O2S2/c1-13-23-16(12-28-13)18-24-15(11-29-18)17(26)22-8-6-7-21-14-9-19(2,3)25(27)20(4,5)10-14/h11-12,14,21,27H,6-10H2,1-5H3,(H,22,26). The van der Waals surface area contributed by atoms with Crippen LogP contribution in [0.25, 0.3) is 10.7 Å². The summed E-state index contributed by atoms with van der Waals surface area (Å²) in [4.78, 5) is 21.2. The molecule has 3 rings (SSSR count). The molecule has 1 aliphatic heterocycles. The van der Waals surface area contributed by atoms with Gasteiger partial charge in [0, 0.05) is 34.4 Å². The molecular formula is C20H31N5O2S2. The van der Waals surface area contributed by atoms with Crippen molar-refractivity contribution in [2.45, 2.75) is 71.0 Å². The molecule has 1 amide bonds. The van der Waals surface area contributed by atoms with E-state index in [-0.39, 0.29) is 17.0 Å². The van der Waals surface area contributed by atoms with E-state index in [1.165, 1.54) is 16.4 Å². The molecular weight excluding hydrogens is 406 g/mol. The smallest absolute Gasteiger partial charge is 0.270 e.